The van der Waals surface area contributed by atoms with Gasteiger partial charge in [0.25, 0.3) is 5.19 Å². The van der Waals surface area contributed by atoms with Gasteiger partial charge in [-0.15, -0.1) is 5.10 Å². The van der Waals surface area contributed by atoms with Crippen molar-refractivity contribution in [2.24, 2.45) is 0 Å². The van der Waals surface area contributed by atoms with Crippen LogP contribution in [-0.2, 0) is 0 Å². The minimum absolute atomic E-state index is 0.0105. The first-order valence-electron chi connectivity index (χ1n) is 4.13. The van der Waals surface area contributed by atoms with E-state index in [0.717, 1.165) is 0 Å². The van der Waals surface area contributed by atoms with Crippen molar-refractivity contribution in [3.05, 3.63) is 34.3 Å². The van der Waals surface area contributed by atoms with Crippen molar-refractivity contribution in [2.45, 2.75) is 0 Å². The van der Waals surface area contributed by atoms with Gasteiger partial charge in [-0.25, -0.2) is 4.79 Å². The van der Waals surface area contributed by atoms with Gasteiger partial charge >= 0.3 is 5.97 Å². The molecule has 5 nitrogen and oxygen atoms in total. The van der Waals surface area contributed by atoms with Crippen molar-refractivity contribution >= 4 is 28.9 Å². The molecule has 0 aliphatic carbocycles. The minimum atomic E-state index is -1.10. The first kappa shape index (κ1) is 10.8. The Morgan fingerprint density at radius 2 is 2.31 bits per heavy atom. The highest BCUT2D eigenvalue weighted by atomic mass is 35.5. The van der Waals surface area contributed by atoms with Crippen LogP contribution in [0, 0.1) is 0 Å². The lowest BCUT2D eigenvalue weighted by Crippen LogP contribution is -1.97. The largest absolute Gasteiger partial charge is 0.478 e. The number of hydrogen-bond acceptors (Lipinski definition) is 5. The Balaban J connectivity index is 2.29. The molecule has 0 unspecified atom stereocenters. The molecular formula is C9H5ClN2O3S. The van der Waals surface area contributed by atoms with Crippen LogP contribution in [0.4, 0.5) is 0 Å². The van der Waals surface area contributed by atoms with E-state index >= 15 is 0 Å². The van der Waals surface area contributed by atoms with Crippen LogP contribution in [0.2, 0.25) is 5.02 Å². The van der Waals surface area contributed by atoms with Crippen LogP contribution in [0.3, 0.4) is 0 Å². The smallest absolute Gasteiger partial charge is 0.337 e. The van der Waals surface area contributed by atoms with Crippen molar-refractivity contribution < 1.29 is 14.6 Å². The number of hydrogen-bond donors (Lipinski definition) is 1. The molecule has 0 spiro atoms. The van der Waals surface area contributed by atoms with E-state index < -0.39 is 5.97 Å². The second kappa shape index (κ2) is 4.46. The Hall–Kier alpha value is -1.66. The lowest BCUT2D eigenvalue weighted by Gasteiger charge is -2.03. The van der Waals surface area contributed by atoms with Crippen LogP contribution in [0.15, 0.2) is 23.7 Å². The predicted octanol–water partition coefficient (Wildman–Crippen LogP) is 2.68. The highest BCUT2D eigenvalue weighted by molar-refractivity contribution is 7.11. The highest BCUT2D eigenvalue weighted by Gasteiger charge is 2.10. The van der Waals surface area contributed by atoms with E-state index in [1.807, 2.05) is 0 Å². The zero-order chi connectivity index (χ0) is 11.5. The number of ether oxygens (including phenoxy) is 1. The molecule has 0 radical (unpaired) electrons. The van der Waals surface area contributed by atoms with Gasteiger partial charge in [0.1, 0.15) is 11.3 Å². The molecule has 0 bridgehead atoms. The summed E-state index contributed by atoms with van der Waals surface area (Å²) in [6.45, 7) is 0. The second-order valence-corrected chi connectivity index (χ2v) is 3.96. The van der Waals surface area contributed by atoms with Crippen LogP contribution in [0.25, 0.3) is 0 Å². The maximum atomic E-state index is 10.8. The molecule has 0 aliphatic heterocycles. The number of carboxylic acid groups (broad SMARTS) is 1. The lowest BCUT2D eigenvalue weighted by molar-refractivity contribution is 0.0696. The molecule has 1 heterocycles. The van der Waals surface area contributed by atoms with E-state index in [1.165, 1.54) is 29.0 Å². The van der Waals surface area contributed by atoms with Crippen LogP contribution in [-0.4, -0.2) is 21.3 Å². The summed E-state index contributed by atoms with van der Waals surface area (Å²) in [5.74, 6) is -0.744. The summed E-state index contributed by atoms with van der Waals surface area (Å²) in [6, 6.07) is 4.36. The highest BCUT2D eigenvalue weighted by Crippen LogP contribution is 2.26. The summed E-state index contributed by atoms with van der Waals surface area (Å²) < 4.78 is 5.29. The molecule has 0 amide bonds. The van der Waals surface area contributed by atoms with E-state index in [4.69, 9.17) is 21.4 Å². The number of carbonyl (C=O) groups is 1. The SMILES string of the molecule is O=C(O)c1cc(Oc2nncs2)ccc1Cl. The Kier molecular flexibility index (Phi) is 3.02. The van der Waals surface area contributed by atoms with Crippen LogP contribution in [0.1, 0.15) is 10.4 Å². The van der Waals surface area contributed by atoms with Gasteiger partial charge < -0.3 is 9.84 Å². The third kappa shape index (κ3) is 2.29. The summed E-state index contributed by atoms with van der Waals surface area (Å²) in [4.78, 5) is 10.8. The number of rotatable bonds is 3. The summed E-state index contributed by atoms with van der Waals surface area (Å²) in [6.07, 6.45) is 0. The molecule has 82 valence electrons. The Morgan fingerprint density at radius 3 is 2.94 bits per heavy atom. The Morgan fingerprint density at radius 1 is 1.50 bits per heavy atom. The number of nitrogens with zero attached hydrogens (tertiary/aromatic N) is 2. The molecule has 0 saturated carbocycles. The minimum Gasteiger partial charge on any atom is -0.478 e. The molecule has 1 N–H and O–H groups in total. The van der Waals surface area contributed by atoms with Gasteiger partial charge in [0.05, 0.1) is 10.6 Å². The van der Waals surface area contributed by atoms with Gasteiger partial charge in [0.2, 0.25) is 0 Å². The molecule has 16 heavy (non-hydrogen) atoms. The second-order valence-electron chi connectivity index (χ2n) is 2.75. The van der Waals surface area contributed by atoms with E-state index in [1.54, 1.807) is 6.07 Å². The topological polar surface area (TPSA) is 72.3 Å². The first-order chi connectivity index (χ1) is 7.66. The fourth-order valence-corrected chi connectivity index (χ4v) is 1.66. The van der Waals surface area contributed by atoms with E-state index in [-0.39, 0.29) is 10.6 Å². The third-order valence-electron chi connectivity index (χ3n) is 1.71. The monoisotopic (exact) mass is 256 g/mol. The van der Waals surface area contributed by atoms with Crippen molar-refractivity contribution in [1.29, 1.82) is 0 Å². The molecule has 0 saturated heterocycles. The lowest BCUT2D eigenvalue weighted by atomic mass is 10.2. The van der Waals surface area contributed by atoms with Gasteiger partial charge in [0.15, 0.2) is 0 Å². The summed E-state index contributed by atoms with van der Waals surface area (Å²) in [5, 5.41) is 16.6. The van der Waals surface area contributed by atoms with Crippen LogP contribution in [0.5, 0.6) is 10.9 Å². The molecule has 2 rings (SSSR count). The van der Waals surface area contributed by atoms with Crippen molar-refractivity contribution in [1.82, 2.24) is 10.2 Å². The fraction of sp³-hybridized carbons (Fsp3) is 0. The number of aromatic carboxylic acids is 1. The first-order valence-corrected chi connectivity index (χ1v) is 5.39. The zero-order valence-corrected chi connectivity index (χ0v) is 9.33. The van der Waals surface area contributed by atoms with E-state index in [2.05, 4.69) is 10.2 Å². The molecule has 0 aliphatic rings. The van der Waals surface area contributed by atoms with Gasteiger partial charge in [0, 0.05) is 0 Å². The van der Waals surface area contributed by atoms with E-state index in [0.29, 0.717) is 10.9 Å². The van der Waals surface area contributed by atoms with Crippen molar-refractivity contribution in [3.63, 3.8) is 0 Å². The summed E-state index contributed by atoms with van der Waals surface area (Å²) in [5.41, 5.74) is 1.51. The van der Waals surface area contributed by atoms with Crippen LogP contribution < -0.4 is 4.74 Å². The van der Waals surface area contributed by atoms with Crippen LogP contribution >= 0.6 is 22.9 Å². The zero-order valence-electron chi connectivity index (χ0n) is 7.75. The van der Waals surface area contributed by atoms with Crippen molar-refractivity contribution in [2.75, 3.05) is 0 Å². The average molecular weight is 257 g/mol. The molecule has 1 aromatic carbocycles. The molecule has 1 aromatic heterocycles. The number of aromatic nitrogens is 2. The molecule has 2 aromatic rings. The molecule has 0 fully saturated rings. The Labute approximate surface area is 99.3 Å². The molecular weight excluding hydrogens is 252 g/mol. The van der Waals surface area contributed by atoms with E-state index in [9.17, 15) is 4.79 Å². The maximum absolute atomic E-state index is 10.8. The average Bonchev–Trinajstić information content (AvgIpc) is 2.73. The summed E-state index contributed by atoms with van der Waals surface area (Å²) >= 11 is 6.92. The van der Waals surface area contributed by atoms with Gasteiger partial charge in [-0.05, 0) is 18.2 Å². The van der Waals surface area contributed by atoms with Gasteiger partial charge in [-0.2, -0.15) is 0 Å². The van der Waals surface area contributed by atoms with Gasteiger partial charge in [-0.3, -0.25) is 0 Å². The standard InChI is InChI=1S/C9H5ClN2O3S/c10-7-2-1-5(3-6(7)8(13)14)15-9-12-11-4-16-9/h1-4H,(H,13,14). The summed E-state index contributed by atoms with van der Waals surface area (Å²) in [7, 11) is 0. The normalized spacial score (nSPS) is 10.1. The predicted molar refractivity (Wildman–Crippen MR) is 58.4 cm³/mol. The Bertz CT molecular complexity index is 515. The third-order valence-corrected chi connectivity index (χ3v) is 2.61. The maximum Gasteiger partial charge on any atom is 0.337 e. The number of carboxylic acids is 1. The molecule has 7 heteroatoms. The number of halogens is 1. The number of benzene rings is 1. The van der Waals surface area contributed by atoms with Crippen molar-refractivity contribution in [3.8, 4) is 10.9 Å². The molecule has 0 atom stereocenters. The quantitative estimate of drug-likeness (QED) is 0.914. The van der Waals surface area contributed by atoms with Gasteiger partial charge in [-0.1, -0.05) is 28.0 Å². The fourth-order valence-electron chi connectivity index (χ4n) is 1.04.